The standard InChI is InChI=1S/C16H16Cl2FN/c1-11(15-13(17)7-8-14(19)16(15)18)20-10-9-12-5-3-2-4-6-12/h2-8,11,20H,9-10H2,1H3. The topological polar surface area (TPSA) is 12.0 Å². The Labute approximate surface area is 128 Å². The highest BCUT2D eigenvalue weighted by molar-refractivity contribution is 6.36. The van der Waals surface area contributed by atoms with Crippen LogP contribution >= 0.6 is 23.2 Å². The second-order valence-corrected chi connectivity index (χ2v) is 5.45. The molecule has 2 aromatic rings. The predicted octanol–water partition coefficient (Wildman–Crippen LogP) is 5.03. The summed E-state index contributed by atoms with van der Waals surface area (Å²) in [6, 6.07) is 12.9. The monoisotopic (exact) mass is 311 g/mol. The van der Waals surface area contributed by atoms with Crippen molar-refractivity contribution in [2.75, 3.05) is 6.54 Å². The fourth-order valence-electron chi connectivity index (χ4n) is 2.12. The lowest BCUT2D eigenvalue weighted by Gasteiger charge is -2.17. The van der Waals surface area contributed by atoms with Crippen LogP contribution in [0.1, 0.15) is 24.1 Å². The van der Waals surface area contributed by atoms with E-state index in [2.05, 4.69) is 17.4 Å². The molecule has 106 valence electrons. The molecule has 0 aromatic heterocycles. The first-order valence-corrected chi connectivity index (χ1v) is 7.26. The van der Waals surface area contributed by atoms with Crippen LogP contribution in [0.3, 0.4) is 0 Å². The van der Waals surface area contributed by atoms with Crippen molar-refractivity contribution in [3.05, 3.63) is 69.5 Å². The second-order valence-electron chi connectivity index (χ2n) is 4.67. The van der Waals surface area contributed by atoms with Gasteiger partial charge in [-0.2, -0.15) is 0 Å². The summed E-state index contributed by atoms with van der Waals surface area (Å²) in [5, 5.41) is 3.90. The molecule has 4 heteroatoms. The Kier molecular flexibility index (Phi) is 5.41. The van der Waals surface area contributed by atoms with Gasteiger partial charge in [0.15, 0.2) is 0 Å². The van der Waals surface area contributed by atoms with E-state index in [4.69, 9.17) is 23.2 Å². The molecule has 0 aliphatic carbocycles. The predicted molar refractivity (Wildman–Crippen MR) is 83.0 cm³/mol. The molecule has 1 atom stereocenters. The third kappa shape index (κ3) is 3.72. The Hall–Kier alpha value is -1.09. The van der Waals surface area contributed by atoms with Gasteiger partial charge in [0.05, 0.1) is 5.02 Å². The fraction of sp³-hybridized carbons (Fsp3) is 0.250. The lowest BCUT2D eigenvalue weighted by Crippen LogP contribution is -2.22. The number of hydrogen-bond acceptors (Lipinski definition) is 1. The zero-order valence-electron chi connectivity index (χ0n) is 11.2. The maximum atomic E-state index is 13.5. The summed E-state index contributed by atoms with van der Waals surface area (Å²) in [4.78, 5) is 0. The normalized spacial score (nSPS) is 12.4. The molecule has 0 fully saturated rings. The molecule has 0 aliphatic rings. The minimum atomic E-state index is -0.442. The van der Waals surface area contributed by atoms with Gasteiger partial charge in [-0.1, -0.05) is 53.5 Å². The van der Waals surface area contributed by atoms with Crippen LogP contribution in [-0.2, 0) is 6.42 Å². The fourth-order valence-corrected chi connectivity index (χ4v) is 2.82. The van der Waals surface area contributed by atoms with Gasteiger partial charge >= 0.3 is 0 Å². The van der Waals surface area contributed by atoms with E-state index in [-0.39, 0.29) is 11.1 Å². The summed E-state index contributed by atoms with van der Waals surface area (Å²) in [7, 11) is 0. The molecule has 0 bridgehead atoms. The first-order chi connectivity index (χ1) is 9.59. The Morgan fingerprint density at radius 2 is 1.80 bits per heavy atom. The van der Waals surface area contributed by atoms with Crippen molar-refractivity contribution in [2.45, 2.75) is 19.4 Å². The first kappa shape index (κ1) is 15.3. The SMILES string of the molecule is CC(NCCc1ccccc1)c1c(Cl)ccc(F)c1Cl. The molecule has 20 heavy (non-hydrogen) atoms. The summed E-state index contributed by atoms with van der Waals surface area (Å²) in [6.07, 6.45) is 0.899. The zero-order chi connectivity index (χ0) is 14.5. The van der Waals surface area contributed by atoms with Crippen molar-refractivity contribution < 1.29 is 4.39 Å². The molecule has 0 radical (unpaired) electrons. The van der Waals surface area contributed by atoms with E-state index in [9.17, 15) is 4.39 Å². The van der Waals surface area contributed by atoms with Crippen LogP contribution in [-0.4, -0.2) is 6.54 Å². The van der Waals surface area contributed by atoms with Gasteiger partial charge in [0, 0.05) is 16.6 Å². The summed E-state index contributed by atoms with van der Waals surface area (Å²) in [5.41, 5.74) is 1.87. The van der Waals surface area contributed by atoms with Crippen LogP contribution < -0.4 is 5.32 Å². The van der Waals surface area contributed by atoms with Gasteiger partial charge in [-0.05, 0) is 37.6 Å². The highest BCUT2D eigenvalue weighted by Gasteiger charge is 2.16. The second kappa shape index (κ2) is 7.07. The van der Waals surface area contributed by atoms with Crippen LogP contribution in [0.2, 0.25) is 10.0 Å². The molecule has 0 spiro atoms. The third-order valence-electron chi connectivity index (χ3n) is 3.22. The lowest BCUT2D eigenvalue weighted by atomic mass is 10.1. The number of rotatable bonds is 5. The van der Waals surface area contributed by atoms with E-state index >= 15 is 0 Å². The molecular weight excluding hydrogens is 296 g/mol. The quantitative estimate of drug-likeness (QED) is 0.764. The largest absolute Gasteiger partial charge is 0.310 e. The number of benzene rings is 2. The van der Waals surface area contributed by atoms with Crippen LogP contribution in [0, 0.1) is 5.82 Å². The average Bonchev–Trinajstić information content (AvgIpc) is 2.44. The van der Waals surface area contributed by atoms with Gasteiger partial charge in [-0.15, -0.1) is 0 Å². The number of nitrogens with one attached hydrogen (secondary N) is 1. The van der Waals surface area contributed by atoms with Gasteiger partial charge in [0.2, 0.25) is 0 Å². The van der Waals surface area contributed by atoms with Crippen molar-refractivity contribution in [1.82, 2.24) is 5.32 Å². The highest BCUT2D eigenvalue weighted by atomic mass is 35.5. The van der Waals surface area contributed by atoms with E-state index in [0.29, 0.717) is 10.6 Å². The van der Waals surface area contributed by atoms with Gasteiger partial charge < -0.3 is 5.32 Å². The molecule has 0 heterocycles. The van der Waals surface area contributed by atoms with E-state index in [1.54, 1.807) is 0 Å². The van der Waals surface area contributed by atoms with Crippen molar-refractivity contribution in [3.8, 4) is 0 Å². The van der Waals surface area contributed by atoms with Gasteiger partial charge in [0.1, 0.15) is 5.82 Å². The Morgan fingerprint density at radius 3 is 2.50 bits per heavy atom. The number of hydrogen-bond donors (Lipinski definition) is 1. The minimum Gasteiger partial charge on any atom is -0.310 e. The molecule has 0 amide bonds. The summed E-state index contributed by atoms with van der Waals surface area (Å²) >= 11 is 12.1. The molecular formula is C16H16Cl2FN. The Bertz CT molecular complexity index is 572. The molecule has 1 unspecified atom stereocenters. The average molecular weight is 312 g/mol. The van der Waals surface area contributed by atoms with Crippen LogP contribution in [0.5, 0.6) is 0 Å². The lowest BCUT2D eigenvalue weighted by molar-refractivity contribution is 0.567. The van der Waals surface area contributed by atoms with Crippen molar-refractivity contribution >= 4 is 23.2 Å². The smallest absolute Gasteiger partial charge is 0.142 e. The van der Waals surface area contributed by atoms with Crippen LogP contribution in [0.4, 0.5) is 4.39 Å². The van der Waals surface area contributed by atoms with Gasteiger partial charge in [-0.3, -0.25) is 0 Å². The van der Waals surface area contributed by atoms with Crippen molar-refractivity contribution in [2.24, 2.45) is 0 Å². The maximum absolute atomic E-state index is 13.5. The van der Waals surface area contributed by atoms with E-state index in [0.717, 1.165) is 13.0 Å². The first-order valence-electron chi connectivity index (χ1n) is 6.50. The highest BCUT2D eigenvalue weighted by Crippen LogP contribution is 2.32. The van der Waals surface area contributed by atoms with E-state index in [1.165, 1.54) is 17.7 Å². The molecule has 0 saturated heterocycles. The minimum absolute atomic E-state index is 0.0946. The third-order valence-corrected chi connectivity index (χ3v) is 3.93. The van der Waals surface area contributed by atoms with Crippen LogP contribution in [0.15, 0.2) is 42.5 Å². The molecule has 2 aromatic carbocycles. The summed E-state index contributed by atoms with van der Waals surface area (Å²) in [6.45, 7) is 2.70. The van der Waals surface area contributed by atoms with Crippen molar-refractivity contribution in [3.63, 3.8) is 0 Å². The summed E-state index contributed by atoms with van der Waals surface area (Å²) < 4.78 is 13.5. The molecule has 0 saturated carbocycles. The molecule has 1 nitrogen and oxygen atoms in total. The van der Waals surface area contributed by atoms with Gasteiger partial charge in [-0.25, -0.2) is 4.39 Å². The molecule has 1 N–H and O–H groups in total. The van der Waals surface area contributed by atoms with Gasteiger partial charge in [0.25, 0.3) is 0 Å². The van der Waals surface area contributed by atoms with E-state index < -0.39 is 5.82 Å². The Balaban J connectivity index is 1.99. The van der Waals surface area contributed by atoms with Crippen LogP contribution in [0.25, 0.3) is 0 Å². The number of halogens is 3. The Morgan fingerprint density at radius 1 is 1.10 bits per heavy atom. The van der Waals surface area contributed by atoms with E-state index in [1.807, 2.05) is 25.1 Å². The zero-order valence-corrected chi connectivity index (χ0v) is 12.7. The maximum Gasteiger partial charge on any atom is 0.142 e. The molecule has 2 rings (SSSR count). The summed E-state index contributed by atoms with van der Waals surface area (Å²) in [5.74, 6) is -0.442. The van der Waals surface area contributed by atoms with Crippen molar-refractivity contribution in [1.29, 1.82) is 0 Å². The molecule has 0 aliphatic heterocycles.